The van der Waals surface area contributed by atoms with Crippen LogP contribution in [0.3, 0.4) is 0 Å². The molecule has 1 amide bonds. The number of aryl methyl sites for hydroxylation is 1. The molecule has 8 nitrogen and oxygen atoms in total. The number of thioether (sulfide) groups is 1. The molecule has 1 atom stereocenters. The van der Waals surface area contributed by atoms with E-state index in [0.29, 0.717) is 33.8 Å². The minimum absolute atomic E-state index is 0.160. The largest absolute Gasteiger partial charge is 0.493 e. The first-order valence-corrected chi connectivity index (χ1v) is 11.3. The quantitative estimate of drug-likeness (QED) is 0.433. The van der Waals surface area contributed by atoms with Gasteiger partial charge in [-0.1, -0.05) is 30.3 Å². The number of amides is 1. The number of aliphatic carboxylic acids is 1. The van der Waals surface area contributed by atoms with Crippen LogP contribution in [-0.2, 0) is 21.8 Å². The lowest BCUT2D eigenvalue weighted by Gasteiger charge is -2.15. The first-order chi connectivity index (χ1) is 15.8. The van der Waals surface area contributed by atoms with E-state index in [-0.39, 0.29) is 17.7 Å². The van der Waals surface area contributed by atoms with Gasteiger partial charge >= 0.3 is 11.6 Å². The molecule has 33 heavy (non-hydrogen) atoms. The number of hydrogen-bond acceptors (Lipinski definition) is 7. The number of ether oxygens (including phenoxy) is 2. The van der Waals surface area contributed by atoms with E-state index in [1.54, 1.807) is 19.1 Å². The predicted molar refractivity (Wildman–Crippen MR) is 126 cm³/mol. The van der Waals surface area contributed by atoms with Crippen LogP contribution in [0.15, 0.2) is 51.7 Å². The molecule has 0 saturated heterocycles. The summed E-state index contributed by atoms with van der Waals surface area (Å²) in [6.07, 6.45) is -0.300. The number of methoxy groups -OCH3 is 2. The minimum Gasteiger partial charge on any atom is -0.493 e. The highest BCUT2D eigenvalue weighted by molar-refractivity contribution is 7.98. The normalized spacial score (nSPS) is 11.7. The van der Waals surface area contributed by atoms with E-state index in [1.807, 2.05) is 30.3 Å². The van der Waals surface area contributed by atoms with Crippen molar-refractivity contribution >= 4 is 34.6 Å². The summed E-state index contributed by atoms with van der Waals surface area (Å²) >= 11 is 1.41. The standard InChI is InChI=1S/C24H25NO7S/c1-14-16-9-20(30-2)21(31-3)11-19(16)32-24(29)17(14)10-22(26)25-18(23(27)28)13-33-12-15-7-5-4-6-8-15/h4-9,11,18H,10,12-13H2,1-3H3,(H,25,26)(H,27,28). The molecule has 0 aliphatic rings. The fourth-order valence-corrected chi connectivity index (χ4v) is 4.38. The monoisotopic (exact) mass is 471 g/mol. The van der Waals surface area contributed by atoms with Crippen LogP contribution in [0.1, 0.15) is 16.7 Å². The third-order valence-corrected chi connectivity index (χ3v) is 6.26. The SMILES string of the molecule is COc1cc2oc(=O)c(CC(=O)NC(CSCc3ccccc3)C(=O)O)c(C)c2cc1OC. The van der Waals surface area contributed by atoms with Gasteiger partial charge in [0.15, 0.2) is 11.5 Å². The lowest BCUT2D eigenvalue weighted by Crippen LogP contribution is -2.43. The molecule has 9 heteroatoms. The molecule has 3 rings (SSSR count). The lowest BCUT2D eigenvalue weighted by molar-refractivity contribution is -0.141. The lowest BCUT2D eigenvalue weighted by atomic mass is 10.0. The zero-order chi connectivity index (χ0) is 24.0. The van der Waals surface area contributed by atoms with Crippen LogP contribution in [0.2, 0.25) is 0 Å². The second kappa shape index (κ2) is 10.9. The molecule has 0 radical (unpaired) electrons. The van der Waals surface area contributed by atoms with Gasteiger partial charge in [0, 0.05) is 23.0 Å². The number of benzene rings is 2. The Morgan fingerprint density at radius 1 is 1.12 bits per heavy atom. The van der Waals surface area contributed by atoms with Crippen molar-refractivity contribution in [3.8, 4) is 11.5 Å². The number of hydrogen-bond donors (Lipinski definition) is 2. The van der Waals surface area contributed by atoms with Crippen LogP contribution in [-0.4, -0.2) is 43.0 Å². The maximum absolute atomic E-state index is 12.6. The van der Waals surface area contributed by atoms with Crippen molar-refractivity contribution in [2.24, 2.45) is 0 Å². The Hall–Kier alpha value is -3.46. The van der Waals surface area contributed by atoms with Crippen molar-refractivity contribution < 1.29 is 28.6 Å². The molecule has 0 aliphatic heterocycles. The first-order valence-electron chi connectivity index (χ1n) is 10.2. The zero-order valence-corrected chi connectivity index (χ0v) is 19.4. The van der Waals surface area contributed by atoms with Gasteiger partial charge in [0.05, 0.1) is 26.2 Å². The fraction of sp³-hybridized carbons (Fsp3) is 0.292. The van der Waals surface area contributed by atoms with E-state index in [0.717, 1.165) is 5.56 Å². The summed E-state index contributed by atoms with van der Waals surface area (Å²) in [5, 5.41) is 12.6. The highest BCUT2D eigenvalue weighted by atomic mass is 32.2. The van der Waals surface area contributed by atoms with Crippen LogP contribution < -0.4 is 20.4 Å². The maximum Gasteiger partial charge on any atom is 0.340 e. The highest BCUT2D eigenvalue weighted by Crippen LogP contribution is 2.33. The Bertz CT molecular complexity index is 1210. The van der Waals surface area contributed by atoms with Gasteiger partial charge in [-0.25, -0.2) is 9.59 Å². The summed E-state index contributed by atoms with van der Waals surface area (Å²) in [5.41, 5.74) is 1.43. The summed E-state index contributed by atoms with van der Waals surface area (Å²) in [6, 6.07) is 11.8. The van der Waals surface area contributed by atoms with Crippen molar-refractivity contribution in [1.82, 2.24) is 5.32 Å². The average molecular weight is 472 g/mol. The maximum atomic E-state index is 12.6. The second-order valence-corrected chi connectivity index (χ2v) is 8.36. The van der Waals surface area contributed by atoms with Gasteiger partial charge in [0.1, 0.15) is 11.6 Å². The van der Waals surface area contributed by atoms with E-state index >= 15 is 0 Å². The van der Waals surface area contributed by atoms with Crippen molar-refractivity contribution in [2.75, 3.05) is 20.0 Å². The molecular weight excluding hydrogens is 446 g/mol. The predicted octanol–water partition coefficient (Wildman–Crippen LogP) is 3.16. The molecule has 1 unspecified atom stereocenters. The molecule has 1 heterocycles. The Morgan fingerprint density at radius 2 is 1.79 bits per heavy atom. The van der Waals surface area contributed by atoms with Gasteiger partial charge in [0.2, 0.25) is 5.91 Å². The van der Waals surface area contributed by atoms with Gasteiger partial charge in [-0.15, -0.1) is 0 Å². The van der Waals surface area contributed by atoms with Crippen molar-refractivity contribution in [3.05, 3.63) is 69.6 Å². The third-order valence-electron chi connectivity index (χ3n) is 5.16. The Balaban J connectivity index is 1.74. The molecule has 0 saturated carbocycles. The van der Waals surface area contributed by atoms with Crippen LogP contribution in [0.5, 0.6) is 11.5 Å². The number of carboxylic acid groups (broad SMARTS) is 1. The number of rotatable bonds is 10. The van der Waals surface area contributed by atoms with Gasteiger partial charge in [0.25, 0.3) is 0 Å². The summed E-state index contributed by atoms with van der Waals surface area (Å²) in [6.45, 7) is 1.71. The summed E-state index contributed by atoms with van der Waals surface area (Å²) in [5.74, 6) is -0.0210. The molecule has 3 aromatic rings. The second-order valence-electron chi connectivity index (χ2n) is 7.33. The Kier molecular flexibility index (Phi) is 8.00. The number of carbonyl (C=O) groups excluding carboxylic acids is 1. The summed E-state index contributed by atoms with van der Waals surface area (Å²) in [4.78, 5) is 36.8. The number of carboxylic acids is 1. The topological polar surface area (TPSA) is 115 Å². The van der Waals surface area contributed by atoms with Crippen LogP contribution in [0.25, 0.3) is 11.0 Å². The van der Waals surface area contributed by atoms with Gasteiger partial charge in [-0.3, -0.25) is 4.79 Å². The van der Waals surface area contributed by atoms with Gasteiger partial charge in [-0.2, -0.15) is 11.8 Å². The Labute approximate surface area is 194 Å². The third kappa shape index (κ3) is 5.87. The van der Waals surface area contributed by atoms with Crippen LogP contribution in [0.4, 0.5) is 0 Å². The number of nitrogens with one attached hydrogen (secondary N) is 1. The number of fused-ring (bicyclic) bond motifs is 1. The Morgan fingerprint density at radius 3 is 2.42 bits per heavy atom. The number of carbonyl (C=O) groups is 2. The molecule has 0 fully saturated rings. The van der Waals surface area contributed by atoms with E-state index in [1.165, 1.54) is 26.0 Å². The van der Waals surface area contributed by atoms with Crippen molar-refractivity contribution in [3.63, 3.8) is 0 Å². The van der Waals surface area contributed by atoms with Gasteiger partial charge < -0.3 is 24.3 Å². The molecule has 174 valence electrons. The fourth-order valence-electron chi connectivity index (χ4n) is 3.37. The van der Waals surface area contributed by atoms with Crippen LogP contribution >= 0.6 is 11.8 Å². The van der Waals surface area contributed by atoms with Gasteiger partial charge in [-0.05, 0) is 24.1 Å². The van der Waals surface area contributed by atoms with E-state index in [9.17, 15) is 19.5 Å². The molecule has 2 aromatic carbocycles. The molecule has 0 bridgehead atoms. The summed E-state index contributed by atoms with van der Waals surface area (Å²) < 4.78 is 15.9. The molecule has 0 spiro atoms. The van der Waals surface area contributed by atoms with Crippen molar-refractivity contribution in [2.45, 2.75) is 25.1 Å². The van der Waals surface area contributed by atoms with E-state index in [2.05, 4.69) is 5.32 Å². The average Bonchev–Trinajstić information content (AvgIpc) is 2.81. The van der Waals surface area contributed by atoms with E-state index in [4.69, 9.17) is 13.9 Å². The zero-order valence-electron chi connectivity index (χ0n) is 18.5. The summed E-state index contributed by atoms with van der Waals surface area (Å²) in [7, 11) is 2.97. The molecule has 2 N–H and O–H groups in total. The minimum atomic E-state index is -1.14. The highest BCUT2D eigenvalue weighted by Gasteiger charge is 2.22. The van der Waals surface area contributed by atoms with Crippen molar-refractivity contribution in [1.29, 1.82) is 0 Å². The van der Waals surface area contributed by atoms with E-state index < -0.39 is 23.5 Å². The van der Waals surface area contributed by atoms with Crippen LogP contribution in [0, 0.1) is 6.92 Å². The first kappa shape index (κ1) is 24.2. The smallest absolute Gasteiger partial charge is 0.340 e. The molecule has 0 aliphatic carbocycles. The molecule has 1 aromatic heterocycles. The molecular formula is C24H25NO7S.